The molecule has 22 heavy (non-hydrogen) atoms. The minimum Gasteiger partial charge on any atom is -0.481 e. The van der Waals surface area contributed by atoms with Gasteiger partial charge >= 0.3 is 12.0 Å². The Morgan fingerprint density at radius 3 is 2.64 bits per heavy atom. The van der Waals surface area contributed by atoms with Crippen LogP contribution in [0.3, 0.4) is 0 Å². The Bertz CT molecular complexity index is 520. The lowest BCUT2D eigenvalue weighted by Crippen LogP contribution is -2.53. The summed E-state index contributed by atoms with van der Waals surface area (Å²) in [5.41, 5.74) is 0.587. The predicted molar refractivity (Wildman–Crippen MR) is 81.7 cm³/mol. The third-order valence-electron chi connectivity index (χ3n) is 4.17. The van der Waals surface area contributed by atoms with E-state index in [1.54, 1.807) is 4.90 Å². The molecule has 0 aromatic heterocycles. The molecule has 2 rings (SSSR count). The van der Waals surface area contributed by atoms with Crippen LogP contribution in [0, 0.1) is 0 Å². The number of carbonyl (C=O) groups excluding carboxylic acids is 1. The van der Waals surface area contributed by atoms with Gasteiger partial charge in [-0.15, -0.1) is 0 Å². The van der Waals surface area contributed by atoms with Crippen LogP contribution in [0.5, 0.6) is 0 Å². The number of hydrogen-bond acceptors (Lipinski definition) is 3. The van der Waals surface area contributed by atoms with E-state index in [1.807, 2.05) is 30.3 Å². The topological polar surface area (TPSA) is 89.9 Å². The Kier molecular flexibility index (Phi) is 5.38. The molecule has 0 saturated carbocycles. The zero-order chi connectivity index (χ0) is 16.0. The molecule has 1 saturated heterocycles. The SMILES string of the molecule is O=C(O)CCNC(=O)N1CCCC(CO)(c2ccccc2)C1. The van der Waals surface area contributed by atoms with Crippen molar-refractivity contribution in [2.75, 3.05) is 26.2 Å². The van der Waals surface area contributed by atoms with E-state index in [0.29, 0.717) is 13.1 Å². The van der Waals surface area contributed by atoms with E-state index in [1.165, 1.54) is 0 Å². The summed E-state index contributed by atoms with van der Waals surface area (Å²) in [5, 5.41) is 21.1. The van der Waals surface area contributed by atoms with Gasteiger partial charge in [-0.2, -0.15) is 0 Å². The maximum atomic E-state index is 12.2. The Morgan fingerprint density at radius 2 is 2.00 bits per heavy atom. The first-order valence-corrected chi connectivity index (χ1v) is 7.48. The highest BCUT2D eigenvalue weighted by Gasteiger charge is 2.38. The summed E-state index contributed by atoms with van der Waals surface area (Å²) in [6.07, 6.45) is 1.54. The number of likely N-dealkylation sites (tertiary alicyclic amines) is 1. The van der Waals surface area contributed by atoms with Gasteiger partial charge in [-0.25, -0.2) is 4.79 Å². The van der Waals surface area contributed by atoms with Gasteiger partial charge in [0.25, 0.3) is 0 Å². The molecule has 6 nitrogen and oxygen atoms in total. The molecular weight excluding hydrogens is 284 g/mol. The van der Waals surface area contributed by atoms with Crippen LogP contribution in [0.15, 0.2) is 30.3 Å². The third-order valence-corrected chi connectivity index (χ3v) is 4.17. The van der Waals surface area contributed by atoms with Crippen molar-refractivity contribution in [2.24, 2.45) is 0 Å². The van der Waals surface area contributed by atoms with Gasteiger partial charge in [0.2, 0.25) is 0 Å². The highest BCUT2D eigenvalue weighted by molar-refractivity contribution is 5.75. The number of benzene rings is 1. The standard InChI is InChI=1S/C16H22N2O4/c19-12-16(13-5-2-1-3-6-13)8-4-10-18(11-16)15(22)17-9-7-14(20)21/h1-3,5-6,19H,4,7-12H2,(H,17,22)(H,20,21). The Morgan fingerprint density at radius 1 is 1.27 bits per heavy atom. The second kappa shape index (κ2) is 7.26. The molecule has 1 heterocycles. The van der Waals surface area contributed by atoms with Crippen molar-refractivity contribution in [3.8, 4) is 0 Å². The monoisotopic (exact) mass is 306 g/mol. The van der Waals surface area contributed by atoms with Crippen molar-refractivity contribution in [1.82, 2.24) is 10.2 Å². The second-order valence-electron chi connectivity index (χ2n) is 5.71. The number of rotatable bonds is 5. The number of piperidine rings is 1. The molecule has 0 radical (unpaired) electrons. The lowest BCUT2D eigenvalue weighted by molar-refractivity contribution is -0.136. The first kappa shape index (κ1) is 16.3. The number of nitrogens with one attached hydrogen (secondary N) is 1. The highest BCUT2D eigenvalue weighted by Crippen LogP contribution is 2.33. The molecule has 0 spiro atoms. The smallest absolute Gasteiger partial charge is 0.317 e. The van der Waals surface area contributed by atoms with Crippen LogP contribution in [0.4, 0.5) is 4.79 Å². The van der Waals surface area contributed by atoms with Gasteiger partial charge < -0.3 is 20.4 Å². The molecule has 1 unspecified atom stereocenters. The first-order chi connectivity index (χ1) is 10.6. The fraction of sp³-hybridized carbons (Fsp3) is 0.500. The minimum atomic E-state index is -0.937. The van der Waals surface area contributed by atoms with E-state index < -0.39 is 11.4 Å². The summed E-state index contributed by atoms with van der Waals surface area (Å²) < 4.78 is 0. The Hall–Kier alpha value is -2.08. The predicted octanol–water partition coefficient (Wildman–Crippen LogP) is 1.20. The summed E-state index contributed by atoms with van der Waals surface area (Å²) in [5.74, 6) is -0.937. The quantitative estimate of drug-likeness (QED) is 0.762. The fourth-order valence-corrected chi connectivity index (χ4v) is 2.94. The van der Waals surface area contributed by atoms with Gasteiger partial charge in [0, 0.05) is 25.0 Å². The average molecular weight is 306 g/mol. The highest BCUT2D eigenvalue weighted by atomic mass is 16.4. The zero-order valence-corrected chi connectivity index (χ0v) is 12.5. The van der Waals surface area contributed by atoms with Crippen LogP contribution in [0.2, 0.25) is 0 Å². The summed E-state index contributed by atoms with van der Waals surface area (Å²) >= 11 is 0. The van der Waals surface area contributed by atoms with Crippen molar-refractivity contribution < 1.29 is 19.8 Å². The number of aliphatic hydroxyl groups excluding tert-OH is 1. The number of amides is 2. The Balaban J connectivity index is 2.03. The van der Waals surface area contributed by atoms with Crippen molar-refractivity contribution in [3.05, 3.63) is 35.9 Å². The van der Waals surface area contributed by atoms with Gasteiger partial charge in [0.15, 0.2) is 0 Å². The normalized spacial score (nSPS) is 21.4. The largest absolute Gasteiger partial charge is 0.481 e. The number of carboxylic acid groups (broad SMARTS) is 1. The number of aliphatic carboxylic acids is 1. The molecule has 1 aromatic carbocycles. The molecule has 0 aliphatic carbocycles. The number of urea groups is 1. The van der Waals surface area contributed by atoms with Crippen molar-refractivity contribution in [3.63, 3.8) is 0 Å². The number of nitrogens with zero attached hydrogens (tertiary/aromatic N) is 1. The van der Waals surface area contributed by atoms with Gasteiger partial charge in [-0.05, 0) is 18.4 Å². The molecule has 1 aromatic rings. The van der Waals surface area contributed by atoms with Gasteiger partial charge in [-0.3, -0.25) is 4.79 Å². The molecule has 1 atom stereocenters. The van der Waals surface area contributed by atoms with Crippen LogP contribution >= 0.6 is 0 Å². The molecular formula is C16H22N2O4. The minimum absolute atomic E-state index is 0.0179. The van der Waals surface area contributed by atoms with E-state index in [4.69, 9.17) is 5.11 Å². The molecule has 6 heteroatoms. The van der Waals surface area contributed by atoms with Crippen LogP contribution in [0.1, 0.15) is 24.8 Å². The van der Waals surface area contributed by atoms with Crippen LogP contribution < -0.4 is 5.32 Å². The van der Waals surface area contributed by atoms with E-state index in [9.17, 15) is 14.7 Å². The maximum absolute atomic E-state index is 12.2. The molecule has 1 aliphatic heterocycles. The molecule has 1 fully saturated rings. The molecule has 2 amide bonds. The second-order valence-corrected chi connectivity index (χ2v) is 5.71. The van der Waals surface area contributed by atoms with Crippen molar-refractivity contribution >= 4 is 12.0 Å². The number of aliphatic hydroxyl groups is 1. The van der Waals surface area contributed by atoms with E-state index >= 15 is 0 Å². The summed E-state index contributed by atoms with van der Waals surface area (Å²) in [4.78, 5) is 24.3. The Labute approximate surface area is 129 Å². The average Bonchev–Trinajstić information content (AvgIpc) is 2.55. The summed E-state index contributed by atoms with van der Waals surface area (Å²) in [6.45, 7) is 1.15. The molecule has 1 aliphatic rings. The lowest BCUT2D eigenvalue weighted by Gasteiger charge is -2.42. The molecule has 0 bridgehead atoms. The van der Waals surface area contributed by atoms with Crippen molar-refractivity contribution in [2.45, 2.75) is 24.7 Å². The summed E-state index contributed by atoms with van der Waals surface area (Å²) in [6, 6.07) is 9.46. The van der Waals surface area contributed by atoms with Crippen LogP contribution in [-0.4, -0.2) is 53.4 Å². The van der Waals surface area contributed by atoms with Crippen molar-refractivity contribution in [1.29, 1.82) is 0 Å². The van der Waals surface area contributed by atoms with Crippen LogP contribution in [0.25, 0.3) is 0 Å². The van der Waals surface area contributed by atoms with Crippen LogP contribution in [-0.2, 0) is 10.2 Å². The number of carboxylic acids is 1. The van der Waals surface area contributed by atoms with Gasteiger partial charge in [0.1, 0.15) is 0 Å². The zero-order valence-electron chi connectivity index (χ0n) is 12.5. The van der Waals surface area contributed by atoms with E-state index in [0.717, 1.165) is 18.4 Å². The lowest BCUT2D eigenvalue weighted by atomic mass is 9.75. The third kappa shape index (κ3) is 3.76. The van der Waals surface area contributed by atoms with Gasteiger partial charge in [-0.1, -0.05) is 30.3 Å². The molecule has 120 valence electrons. The number of carbonyl (C=O) groups is 2. The van der Waals surface area contributed by atoms with Gasteiger partial charge in [0.05, 0.1) is 13.0 Å². The summed E-state index contributed by atoms with van der Waals surface area (Å²) in [7, 11) is 0. The fourth-order valence-electron chi connectivity index (χ4n) is 2.94. The maximum Gasteiger partial charge on any atom is 0.317 e. The van der Waals surface area contributed by atoms with E-state index in [-0.39, 0.29) is 25.6 Å². The van der Waals surface area contributed by atoms with E-state index in [2.05, 4.69) is 5.32 Å². The number of hydrogen-bond donors (Lipinski definition) is 3. The first-order valence-electron chi connectivity index (χ1n) is 7.48. The molecule has 3 N–H and O–H groups in total.